The molecule has 0 aliphatic rings. The van der Waals surface area contributed by atoms with Crippen LogP contribution in [-0.4, -0.2) is 39.5 Å². The zero-order chi connectivity index (χ0) is 13.6. The lowest BCUT2D eigenvalue weighted by Gasteiger charge is -2.13. The van der Waals surface area contributed by atoms with Crippen LogP contribution in [0.1, 0.15) is 6.42 Å². The smallest absolute Gasteiger partial charge is 0.264 e. The van der Waals surface area contributed by atoms with E-state index in [2.05, 4.69) is 5.32 Å². The lowest BCUT2D eigenvalue weighted by molar-refractivity contribution is 0.356. The summed E-state index contributed by atoms with van der Waals surface area (Å²) in [5.41, 5.74) is 0.715. The second-order valence-electron chi connectivity index (χ2n) is 3.61. The highest BCUT2D eigenvalue weighted by Gasteiger charge is 2.09. The molecule has 0 amide bonds. The number of benzene rings is 1. The van der Waals surface area contributed by atoms with Crippen LogP contribution in [-0.2, 0) is 10.1 Å². The van der Waals surface area contributed by atoms with E-state index >= 15 is 0 Å². The van der Waals surface area contributed by atoms with Crippen LogP contribution < -0.4 is 14.8 Å². The molecule has 2 N–H and O–H groups in total. The fraction of sp³-hybridized carbons (Fsp3) is 0.455. The van der Waals surface area contributed by atoms with Gasteiger partial charge in [0.2, 0.25) is 0 Å². The highest BCUT2D eigenvalue weighted by atomic mass is 32.2. The van der Waals surface area contributed by atoms with E-state index < -0.39 is 10.1 Å². The van der Waals surface area contributed by atoms with Crippen molar-refractivity contribution in [2.24, 2.45) is 0 Å². The van der Waals surface area contributed by atoms with Gasteiger partial charge in [0.25, 0.3) is 10.1 Å². The molecule has 18 heavy (non-hydrogen) atoms. The van der Waals surface area contributed by atoms with Gasteiger partial charge in [0, 0.05) is 6.54 Å². The minimum absolute atomic E-state index is 0.272. The molecule has 0 saturated carbocycles. The van der Waals surface area contributed by atoms with E-state index in [0.717, 1.165) is 0 Å². The van der Waals surface area contributed by atoms with Gasteiger partial charge in [-0.1, -0.05) is 6.07 Å². The SMILES string of the molecule is COc1cccc(NCCCS(=O)(=O)O)c1OC. The molecule has 1 aromatic carbocycles. The zero-order valence-corrected chi connectivity index (χ0v) is 11.2. The van der Waals surface area contributed by atoms with E-state index in [0.29, 0.717) is 30.2 Å². The van der Waals surface area contributed by atoms with Gasteiger partial charge in [0.1, 0.15) is 0 Å². The van der Waals surface area contributed by atoms with Crippen LogP contribution in [0, 0.1) is 0 Å². The monoisotopic (exact) mass is 275 g/mol. The van der Waals surface area contributed by atoms with Crippen LogP contribution in [0.15, 0.2) is 18.2 Å². The minimum atomic E-state index is -3.90. The number of ether oxygens (including phenoxy) is 2. The fourth-order valence-electron chi connectivity index (χ4n) is 1.50. The van der Waals surface area contributed by atoms with Crippen LogP contribution in [0.25, 0.3) is 0 Å². The van der Waals surface area contributed by atoms with Crippen LogP contribution in [0.4, 0.5) is 5.69 Å². The van der Waals surface area contributed by atoms with E-state index in [9.17, 15) is 8.42 Å². The Morgan fingerprint density at radius 2 is 2.00 bits per heavy atom. The maximum atomic E-state index is 10.5. The van der Waals surface area contributed by atoms with Gasteiger partial charge in [-0.05, 0) is 18.6 Å². The van der Waals surface area contributed by atoms with Crippen LogP contribution in [0.5, 0.6) is 11.5 Å². The Labute approximate surface area is 107 Å². The summed E-state index contributed by atoms with van der Waals surface area (Å²) in [5.74, 6) is 0.885. The summed E-state index contributed by atoms with van der Waals surface area (Å²) in [5, 5.41) is 3.03. The average molecular weight is 275 g/mol. The molecule has 0 spiro atoms. The molecule has 0 heterocycles. The topological polar surface area (TPSA) is 84.9 Å². The first-order chi connectivity index (χ1) is 8.48. The molecule has 0 unspecified atom stereocenters. The van der Waals surface area contributed by atoms with Gasteiger partial charge in [0.05, 0.1) is 25.7 Å². The lowest BCUT2D eigenvalue weighted by Crippen LogP contribution is -2.10. The minimum Gasteiger partial charge on any atom is -0.493 e. The van der Waals surface area contributed by atoms with E-state index in [1.54, 1.807) is 25.3 Å². The van der Waals surface area contributed by atoms with Gasteiger partial charge < -0.3 is 14.8 Å². The number of hydrogen-bond donors (Lipinski definition) is 2. The molecular formula is C11H17NO5S. The summed E-state index contributed by atoms with van der Waals surface area (Å²) >= 11 is 0. The quantitative estimate of drug-likeness (QED) is 0.578. The maximum Gasteiger partial charge on any atom is 0.264 e. The molecule has 0 atom stereocenters. The molecule has 1 aromatic rings. The zero-order valence-electron chi connectivity index (χ0n) is 10.3. The molecule has 1 rings (SSSR count). The molecule has 102 valence electrons. The first kappa shape index (κ1) is 14.6. The third-order valence-corrected chi connectivity index (χ3v) is 3.10. The van der Waals surface area contributed by atoms with Crippen LogP contribution in [0.2, 0.25) is 0 Å². The van der Waals surface area contributed by atoms with E-state index in [-0.39, 0.29) is 5.75 Å². The molecule has 6 nitrogen and oxygen atoms in total. The van der Waals surface area contributed by atoms with Crippen molar-refractivity contribution in [3.63, 3.8) is 0 Å². The maximum absolute atomic E-state index is 10.5. The summed E-state index contributed by atoms with van der Waals surface area (Å²) in [7, 11) is -0.832. The van der Waals surface area contributed by atoms with Gasteiger partial charge in [-0.25, -0.2) is 0 Å². The van der Waals surface area contributed by atoms with Crippen molar-refractivity contribution in [2.75, 3.05) is 31.8 Å². The summed E-state index contributed by atoms with van der Waals surface area (Å²) < 4.78 is 40.0. The first-order valence-electron chi connectivity index (χ1n) is 5.38. The standard InChI is InChI=1S/C11H17NO5S/c1-16-10-6-3-5-9(11(10)17-2)12-7-4-8-18(13,14)15/h3,5-6,12H,4,7-8H2,1-2H3,(H,13,14,15). The van der Waals surface area contributed by atoms with Gasteiger partial charge >= 0.3 is 0 Å². The molecule has 0 bridgehead atoms. The molecule has 0 aliphatic heterocycles. The molecule has 0 aromatic heterocycles. The van der Waals surface area contributed by atoms with Crippen molar-refractivity contribution in [1.29, 1.82) is 0 Å². The van der Waals surface area contributed by atoms with Crippen molar-refractivity contribution in [3.05, 3.63) is 18.2 Å². The van der Waals surface area contributed by atoms with Crippen molar-refractivity contribution in [2.45, 2.75) is 6.42 Å². The molecule has 7 heteroatoms. The Bertz CT molecular complexity index is 486. The lowest BCUT2D eigenvalue weighted by atomic mass is 10.2. The Morgan fingerprint density at radius 1 is 1.28 bits per heavy atom. The number of hydrogen-bond acceptors (Lipinski definition) is 5. The second kappa shape index (κ2) is 6.46. The number of methoxy groups -OCH3 is 2. The van der Waals surface area contributed by atoms with Crippen LogP contribution >= 0.6 is 0 Å². The van der Waals surface area contributed by atoms with E-state index in [1.807, 2.05) is 0 Å². The van der Waals surface area contributed by atoms with Crippen molar-refractivity contribution >= 4 is 15.8 Å². The molecule has 0 aliphatic carbocycles. The molecular weight excluding hydrogens is 258 g/mol. The van der Waals surface area contributed by atoms with E-state index in [1.165, 1.54) is 7.11 Å². The Kier molecular flexibility index (Phi) is 5.24. The normalized spacial score (nSPS) is 11.1. The molecule has 0 fully saturated rings. The number of nitrogens with one attached hydrogen (secondary N) is 1. The number of anilines is 1. The van der Waals surface area contributed by atoms with Gasteiger partial charge in [-0.3, -0.25) is 4.55 Å². The average Bonchev–Trinajstić information content (AvgIpc) is 2.32. The summed E-state index contributed by atoms with van der Waals surface area (Å²) in [4.78, 5) is 0. The van der Waals surface area contributed by atoms with Gasteiger partial charge in [-0.2, -0.15) is 8.42 Å². The first-order valence-corrected chi connectivity index (χ1v) is 6.99. The van der Waals surface area contributed by atoms with E-state index in [4.69, 9.17) is 14.0 Å². The van der Waals surface area contributed by atoms with Gasteiger partial charge in [0.15, 0.2) is 11.5 Å². The molecule has 0 radical (unpaired) electrons. The predicted octanol–water partition coefficient (Wildman–Crippen LogP) is 1.39. The van der Waals surface area contributed by atoms with Crippen molar-refractivity contribution in [1.82, 2.24) is 0 Å². The van der Waals surface area contributed by atoms with Crippen LogP contribution in [0.3, 0.4) is 0 Å². The van der Waals surface area contributed by atoms with Crippen molar-refractivity contribution < 1.29 is 22.4 Å². The largest absolute Gasteiger partial charge is 0.493 e. The summed E-state index contributed by atoms with van der Waals surface area (Å²) in [6.07, 6.45) is 0.305. The Hall–Kier alpha value is -1.47. The number of rotatable bonds is 7. The fourth-order valence-corrected chi connectivity index (χ4v) is 2.01. The summed E-state index contributed by atoms with van der Waals surface area (Å²) in [6, 6.07) is 5.36. The second-order valence-corrected chi connectivity index (χ2v) is 5.18. The third kappa shape index (κ3) is 4.42. The predicted molar refractivity (Wildman–Crippen MR) is 69.1 cm³/mol. The van der Waals surface area contributed by atoms with Gasteiger partial charge in [-0.15, -0.1) is 0 Å². The highest BCUT2D eigenvalue weighted by molar-refractivity contribution is 7.85. The Morgan fingerprint density at radius 3 is 2.56 bits per heavy atom. The Balaban J connectivity index is 2.62. The highest BCUT2D eigenvalue weighted by Crippen LogP contribution is 2.34. The van der Waals surface area contributed by atoms with Crippen molar-refractivity contribution in [3.8, 4) is 11.5 Å². The number of para-hydroxylation sites is 1. The molecule has 0 saturated heterocycles. The third-order valence-electron chi connectivity index (χ3n) is 2.30. The summed E-state index contributed by atoms with van der Waals surface area (Å²) in [6.45, 7) is 0.406.